The maximum Gasteiger partial charge on any atom is 0.338 e. The van der Waals surface area contributed by atoms with Crippen molar-refractivity contribution in [3.05, 3.63) is 71.3 Å². The Bertz CT molecular complexity index is 965. The quantitative estimate of drug-likeness (QED) is 0.417. The highest BCUT2D eigenvalue weighted by Gasteiger charge is 2.35. The van der Waals surface area contributed by atoms with Crippen LogP contribution in [0.1, 0.15) is 36.6 Å². The second kappa shape index (κ2) is 7.96. The second-order valence-corrected chi connectivity index (χ2v) is 6.02. The first-order valence-electron chi connectivity index (χ1n) is 8.49. The first-order chi connectivity index (χ1) is 13.5. The maximum absolute atomic E-state index is 12.4. The van der Waals surface area contributed by atoms with Crippen LogP contribution in [-0.2, 0) is 11.3 Å². The number of benzene rings is 2. The van der Waals surface area contributed by atoms with Gasteiger partial charge in [0.1, 0.15) is 18.1 Å². The number of nitrogens with zero attached hydrogens (tertiary/aromatic N) is 1. The van der Waals surface area contributed by atoms with Crippen LogP contribution in [0, 0.1) is 0 Å². The molecule has 0 aromatic heterocycles. The van der Waals surface area contributed by atoms with Crippen molar-refractivity contribution >= 4 is 17.8 Å². The number of hydrogen-bond acceptors (Lipinski definition) is 6. The van der Waals surface area contributed by atoms with E-state index in [9.17, 15) is 14.4 Å². The van der Waals surface area contributed by atoms with E-state index in [1.807, 2.05) is 0 Å². The van der Waals surface area contributed by atoms with Gasteiger partial charge in [-0.25, -0.2) is 4.79 Å². The lowest BCUT2D eigenvalue weighted by molar-refractivity contribution is 0.0469. The highest BCUT2D eigenvalue weighted by molar-refractivity contribution is 6.22. The van der Waals surface area contributed by atoms with Gasteiger partial charge >= 0.3 is 5.97 Å². The minimum Gasteiger partial charge on any atom is -0.497 e. The van der Waals surface area contributed by atoms with Gasteiger partial charge in [-0.05, 0) is 36.4 Å². The molecule has 0 unspecified atom stereocenters. The minimum absolute atomic E-state index is 0.0360. The monoisotopic (exact) mass is 381 g/mol. The van der Waals surface area contributed by atoms with Gasteiger partial charge in [0.15, 0.2) is 0 Å². The zero-order chi connectivity index (χ0) is 20.3. The van der Waals surface area contributed by atoms with Crippen molar-refractivity contribution in [3.8, 4) is 11.5 Å². The number of hydrogen-bond donors (Lipinski definition) is 0. The van der Waals surface area contributed by atoms with Gasteiger partial charge in [0.2, 0.25) is 0 Å². The van der Waals surface area contributed by atoms with Crippen LogP contribution in [0.25, 0.3) is 0 Å². The van der Waals surface area contributed by atoms with Crippen LogP contribution in [-0.4, -0.2) is 43.4 Å². The Balaban J connectivity index is 1.78. The van der Waals surface area contributed by atoms with E-state index in [0.717, 1.165) is 4.90 Å². The largest absolute Gasteiger partial charge is 0.497 e. The first-order valence-corrected chi connectivity index (χ1v) is 8.49. The van der Waals surface area contributed by atoms with Crippen LogP contribution in [0.5, 0.6) is 11.5 Å². The molecule has 0 saturated carbocycles. The van der Waals surface area contributed by atoms with Crippen LogP contribution in [0.4, 0.5) is 0 Å². The van der Waals surface area contributed by atoms with Crippen molar-refractivity contribution in [2.75, 3.05) is 20.8 Å². The van der Waals surface area contributed by atoms with Crippen LogP contribution in [0.3, 0.4) is 0 Å². The standard InChI is InChI=1S/C21H19NO6/c1-4-9-22-19(23)16-7-5-13(11-17(16)20(22)24)21(25)28-12-14-10-15(26-2)6-8-18(14)27-3/h4-8,10-11H,1,9,12H2,2-3H3. The van der Waals surface area contributed by atoms with Crippen molar-refractivity contribution in [3.63, 3.8) is 0 Å². The molecule has 7 nitrogen and oxygen atoms in total. The van der Waals surface area contributed by atoms with E-state index >= 15 is 0 Å². The zero-order valence-electron chi connectivity index (χ0n) is 15.6. The fourth-order valence-corrected chi connectivity index (χ4v) is 2.93. The second-order valence-electron chi connectivity index (χ2n) is 6.02. The molecule has 0 fully saturated rings. The molecule has 0 aliphatic carbocycles. The molecule has 1 heterocycles. The van der Waals surface area contributed by atoms with E-state index < -0.39 is 17.8 Å². The lowest BCUT2D eigenvalue weighted by Gasteiger charge is -2.11. The summed E-state index contributed by atoms with van der Waals surface area (Å²) in [6.07, 6.45) is 1.47. The van der Waals surface area contributed by atoms with Gasteiger partial charge in [-0.15, -0.1) is 6.58 Å². The van der Waals surface area contributed by atoms with E-state index in [1.165, 1.54) is 38.5 Å². The molecule has 1 aliphatic heterocycles. The predicted molar refractivity (Wildman–Crippen MR) is 101 cm³/mol. The summed E-state index contributed by atoms with van der Waals surface area (Å²) in [5, 5.41) is 0. The van der Waals surface area contributed by atoms with Gasteiger partial charge in [0.25, 0.3) is 11.8 Å². The number of rotatable bonds is 7. The number of methoxy groups -OCH3 is 2. The van der Waals surface area contributed by atoms with Crippen molar-refractivity contribution in [2.24, 2.45) is 0 Å². The molecule has 7 heteroatoms. The molecule has 2 aromatic rings. The molecule has 28 heavy (non-hydrogen) atoms. The Hall–Kier alpha value is -3.61. The third-order valence-corrected chi connectivity index (χ3v) is 4.36. The molecule has 0 bridgehead atoms. The van der Waals surface area contributed by atoms with Gasteiger partial charge in [-0.2, -0.15) is 0 Å². The van der Waals surface area contributed by atoms with Gasteiger partial charge in [-0.1, -0.05) is 6.08 Å². The number of imide groups is 1. The molecule has 0 radical (unpaired) electrons. The number of fused-ring (bicyclic) bond motifs is 1. The summed E-state index contributed by atoms with van der Waals surface area (Å²) < 4.78 is 15.8. The summed E-state index contributed by atoms with van der Waals surface area (Å²) >= 11 is 0. The molecule has 144 valence electrons. The number of amides is 2. The van der Waals surface area contributed by atoms with Crippen molar-refractivity contribution < 1.29 is 28.6 Å². The highest BCUT2D eigenvalue weighted by Crippen LogP contribution is 2.26. The summed E-state index contributed by atoms with van der Waals surface area (Å²) in [7, 11) is 3.06. The average molecular weight is 381 g/mol. The number of esters is 1. The first kappa shape index (κ1) is 19.2. The highest BCUT2D eigenvalue weighted by atomic mass is 16.5. The summed E-state index contributed by atoms with van der Waals surface area (Å²) in [5.41, 5.74) is 1.26. The third kappa shape index (κ3) is 3.46. The Kier molecular flexibility index (Phi) is 5.44. The molecule has 1 aliphatic rings. The van der Waals surface area contributed by atoms with E-state index in [-0.39, 0.29) is 29.8 Å². The predicted octanol–water partition coefficient (Wildman–Crippen LogP) is 2.84. The molecular formula is C21H19NO6. The van der Waals surface area contributed by atoms with E-state index in [4.69, 9.17) is 14.2 Å². The van der Waals surface area contributed by atoms with Gasteiger partial charge in [0, 0.05) is 12.1 Å². The zero-order valence-corrected chi connectivity index (χ0v) is 15.6. The van der Waals surface area contributed by atoms with Crippen molar-refractivity contribution in [2.45, 2.75) is 6.61 Å². The molecule has 0 atom stereocenters. The van der Waals surface area contributed by atoms with Crippen LogP contribution in [0.2, 0.25) is 0 Å². The summed E-state index contributed by atoms with van der Waals surface area (Å²) in [5.74, 6) is -0.306. The van der Waals surface area contributed by atoms with E-state index in [0.29, 0.717) is 17.1 Å². The fourth-order valence-electron chi connectivity index (χ4n) is 2.93. The van der Waals surface area contributed by atoms with E-state index in [2.05, 4.69) is 6.58 Å². The Labute approximate surface area is 162 Å². The fraction of sp³-hybridized carbons (Fsp3) is 0.190. The lowest BCUT2D eigenvalue weighted by Crippen LogP contribution is -2.29. The van der Waals surface area contributed by atoms with Crippen LogP contribution in [0.15, 0.2) is 49.1 Å². The third-order valence-electron chi connectivity index (χ3n) is 4.36. The Morgan fingerprint density at radius 1 is 1.04 bits per heavy atom. The molecule has 2 aromatic carbocycles. The minimum atomic E-state index is -0.616. The van der Waals surface area contributed by atoms with Gasteiger partial charge < -0.3 is 14.2 Å². The molecule has 3 rings (SSSR count). The van der Waals surface area contributed by atoms with E-state index in [1.54, 1.807) is 18.2 Å². The summed E-state index contributed by atoms with van der Waals surface area (Å²) in [4.78, 5) is 38.1. The lowest BCUT2D eigenvalue weighted by atomic mass is 10.1. The smallest absolute Gasteiger partial charge is 0.338 e. The number of carbonyl (C=O) groups excluding carboxylic acids is 3. The van der Waals surface area contributed by atoms with Crippen molar-refractivity contribution in [1.82, 2.24) is 4.90 Å². The van der Waals surface area contributed by atoms with Crippen LogP contribution >= 0.6 is 0 Å². The summed E-state index contributed by atoms with van der Waals surface area (Å²) in [6.45, 7) is 3.62. The topological polar surface area (TPSA) is 82.1 Å². The Morgan fingerprint density at radius 3 is 2.46 bits per heavy atom. The van der Waals surface area contributed by atoms with Crippen LogP contribution < -0.4 is 9.47 Å². The molecule has 0 N–H and O–H groups in total. The number of ether oxygens (including phenoxy) is 3. The SMILES string of the molecule is C=CCN1C(=O)c2ccc(C(=O)OCc3cc(OC)ccc3OC)cc2C1=O. The Morgan fingerprint density at radius 2 is 1.79 bits per heavy atom. The van der Waals surface area contributed by atoms with Crippen molar-refractivity contribution in [1.29, 1.82) is 0 Å². The molecular weight excluding hydrogens is 362 g/mol. The molecule has 0 saturated heterocycles. The number of carbonyl (C=O) groups is 3. The molecule has 2 amide bonds. The summed E-state index contributed by atoms with van der Waals surface area (Å²) in [6, 6.07) is 9.47. The molecule has 0 spiro atoms. The van der Waals surface area contributed by atoms with Gasteiger partial charge in [0.05, 0.1) is 30.9 Å². The average Bonchev–Trinajstić information content (AvgIpc) is 2.96. The normalized spacial score (nSPS) is 12.6. The maximum atomic E-state index is 12.4. The van der Waals surface area contributed by atoms with Gasteiger partial charge in [-0.3, -0.25) is 14.5 Å².